The van der Waals surface area contributed by atoms with Crippen LogP contribution in [0.5, 0.6) is 0 Å². The molecule has 1 aromatic heterocycles. The predicted octanol–water partition coefficient (Wildman–Crippen LogP) is 1.71. The first kappa shape index (κ1) is 12.4. The zero-order valence-electron chi connectivity index (χ0n) is 10.4. The van der Waals surface area contributed by atoms with Crippen molar-refractivity contribution in [2.45, 2.75) is 45.1 Å². The molecule has 0 bridgehead atoms. The van der Waals surface area contributed by atoms with E-state index in [1.165, 1.54) is 32.1 Å². The van der Waals surface area contributed by atoms with Gasteiger partial charge < -0.3 is 5.73 Å². The van der Waals surface area contributed by atoms with Crippen LogP contribution in [0.25, 0.3) is 0 Å². The van der Waals surface area contributed by atoms with Crippen LogP contribution in [0.3, 0.4) is 0 Å². The number of hydrogen-bond acceptors (Lipinski definition) is 4. The van der Waals surface area contributed by atoms with Gasteiger partial charge in [-0.2, -0.15) is 5.10 Å². The zero-order valence-corrected chi connectivity index (χ0v) is 10.4. The number of hydrogen-bond donors (Lipinski definition) is 4. The number of nitrogens with two attached hydrogens (primary N) is 2. The van der Waals surface area contributed by atoms with Crippen LogP contribution in [-0.4, -0.2) is 10.2 Å². The molecule has 3 atom stereocenters. The van der Waals surface area contributed by atoms with Crippen LogP contribution in [0, 0.1) is 11.8 Å². The van der Waals surface area contributed by atoms with Crippen LogP contribution < -0.4 is 17.0 Å². The Hall–Kier alpha value is -1.07. The van der Waals surface area contributed by atoms with E-state index in [-0.39, 0.29) is 6.04 Å². The highest BCUT2D eigenvalue weighted by Crippen LogP contribution is 2.40. The monoisotopic (exact) mass is 237 g/mol. The molecule has 96 valence electrons. The summed E-state index contributed by atoms with van der Waals surface area (Å²) >= 11 is 0. The first-order chi connectivity index (χ1) is 8.27. The van der Waals surface area contributed by atoms with Crippen LogP contribution in [-0.2, 0) is 0 Å². The molecule has 5 heteroatoms. The van der Waals surface area contributed by atoms with Crippen LogP contribution >= 0.6 is 0 Å². The highest BCUT2D eigenvalue weighted by molar-refractivity contribution is 5.39. The maximum absolute atomic E-state index is 5.90. The van der Waals surface area contributed by atoms with Gasteiger partial charge in [-0.1, -0.05) is 32.6 Å². The van der Waals surface area contributed by atoms with E-state index in [4.69, 9.17) is 11.6 Å². The molecule has 1 saturated carbocycles. The van der Waals surface area contributed by atoms with Crippen molar-refractivity contribution in [3.05, 3.63) is 11.8 Å². The van der Waals surface area contributed by atoms with Crippen molar-refractivity contribution >= 4 is 5.82 Å². The van der Waals surface area contributed by atoms with Gasteiger partial charge >= 0.3 is 0 Å². The van der Waals surface area contributed by atoms with E-state index in [1.54, 1.807) is 6.20 Å². The highest BCUT2D eigenvalue weighted by atomic mass is 15.2. The van der Waals surface area contributed by atoms with Crippen molar-refractivity contribution in [1.82, 2.24) is 15.6 Å². The maximum atomic E-state index is 5.90. The molecule has 1 aromatic rings. The van der Waals surface area contributed by atoms with Crippen molar-refractivity contribution in [2.75, 3.05) is 5.73 Å². The number of nitrogens with zero attached hydrogens (tertiary/aromatic N) is 1. The Balaban J connectivity index is 2.19. The van der Waals surface area contributed by atoms with E-state index >= 15 is 0 Å². The van der Waals surface area contributed by atoms with Crippen molar-refractivity contribution in [2.24, 2.45) is 17.7 Å². The third kappa shape index (κ3) is 2.45. The van der Waals surface area contributed by atoms with Crippen molar-refractivity contribution in [3.63, 3.8) is 0 Å². The third-order valence-corrected chi connectivity index (χ3v) is 4.13. The summed E-state index contributed by atoms with van der Waals surface area (Å²) in [5.41, 5.74) is 9.85. The van der Waals surface area contributed by atoms with E-state index in [1.807, 2.05) is 0 Å². The summed E-state index contributed by atoms with van der Waals surface area (Å²) in [6.07, 6.45) is 8.15. The zero-order chi connectivity index (χ0) is 12.3. The fraction of sp³-hybridized carbons (Fsp3) is 0.750. The van der Waals surface area contributed by atoms with Crippen LogP contribution in [0.4, 0.5) is 5.82 Å². The Morgan fingerprint density at radius 2 is 2.29 bits per heavy atom. The molecule has 1 aliphatic rings. The summed E-state index contributed by atoms with van der Waals surface area (Å²) < 4.78 is 0. The summed E-state index contributed by atoms with van der Waals surface area (Å²) in [6, 6.07) is 0.124. The molecule has 17 heavy (non-hydrogen) atoms. The topological polar surface area (TPSA) is 92.7 Å². The number of anilines is 1. The molecule has 0 saturated heterocycles. The number of rotatable bonds is 4. The molecule has 6 N–H and O–H groups in total. The molecule has 0 aromatic carbocycles. The van der Waals surface area contributed by atoms with Gasteiger partial charge in [0.1, 0.15) is 5.82 Å². The van der Waals surface area contributed by atoms with Crippen molar-refractivity contribution < 1.29 is 0 Å². The second-order valence-corrected chi connectivity index (χ2v) is 5.00. The van der Waals surface area contributed by atoms with E-state index in [0.29, 0.717) is 11.7 Å². The standard InChI is InChI=1S/C12H23N5/c1-2-8-5-3-4-6-9(8)11(16-14)10-7-15-17-12(10)13/h7-9,11,16H,2-6,14H2,1H3,(H3,13,15,17). The molecular formula is C12H23N5. The van der Waals surface area contributed by atoms with Gasteiger partial charge in [-0.15, -0.1) is 0 Å². The van der Waals surface area contributed by atoms with Gasteiger partial charge in [0.05, 0.1) is 12.2 Å². The normalized spacial score (nSPS) is 26.9. The largest absolute Gasteiger partial charge is 0.384 e. The molecule has 5 nitrogen and oxygen atoms in total. The van der Waals surface area contributed by atoms with Gasteiger partial charge in [-0.3, -0.25) is 16.4 Å². The second-order valence-electron chi connectivity index (χ2n) is 5.00. The number of hydrazine groups is 1. The predicted molar refractivity (Wildman–Crippen MR) is 68.8 cm³/mol. The lowest BCUT2D eigenvalue weighted by molar-refractivity contribution is 0.176. The minimum Gasteiger partial charge on any atom is -0.384 e. The summed E-state index contributed by atoms with van der Waals surface area (Å²) in [5, 5.41) is 6.78. The molecular weight excluding hydrogens is 214 g/mol. The second kappa shape index (κ2) is 5.51. The van der Waals surface area contributed by atoms with Crippen LogP contribution in [0.2, 0.25) is 0 Å². The van der Waals surface area contributed by atoms with Gasteiger partial charge in [0, 0.05) is 5.56 Å². The van der Waals surface area contributed by atoms with Gasteiger partial charge in [-0.05, 0) is 18.3 Å². The third-order valence-electron chi connectivity index (χ3n) is 4.13. The molecule has 0 spiro atoms. The average Bonchev–Trinajstić information content (AvgIpc) is 2.78. The number of nitrogen functional groups attached to an aromatic ring is 1. The SMILES string of the molecule is CCC1CCCCC1C(NN)c1cn[nH]c1N. The molecule has 3 unspecified atom stereocenters. The van der Waals surface area contributed by atoms with E-state index in [9.17, 15) is 0 Å². The number of aromatic nitrogens is 2. The molecule has 0 aliphatic heterocycles. The lowest BCUT2D eigenvalue weighted by atomic mass is 9.73. The van der Waals surface area contributed by atoms with E-state index in [2.05, 4.69) is 22.5 Å². The smallest absolute Gasteiger partial charge is 0.123 e. The fourth-order valence-corrected chi connectivity index (χ4v) is 3.18. The Morgan fingerprint density at radius 1 is 1.53 bits per heavy atom. The number of nitrogens with one attached hydrogen (secondary N) is 2. The summed E-state index contributed by atoms with van der Waals surface area (Å²) in [5.74, 6) is 7.67. The average molecular weight is 237 g/mol. The number of H-pyrrole nitrogens is 1. The lowest BCUT2D eigenvalue weighted by Gasteiger charge is -2.36. The molecule has 1 aliphatic carbocycles. The van der Waals surface area contributed by atoms with Crippen molar-refractivity contribution in [1.29, 1.82) is 0 Å². The minimum absolute atomic E-state index is 0.124. The van der Waals surface area contributed by atoms with Gasteiger partial charge in [0.2, 0.25) is 0 Å². The first-order valence-electron chi connectivity index (χ1n) is 6.52. The van der Waals surface area contributed by atoms with Crippen LogP contribution in [0.1, 0.15) is 50.6 Å². The highest BCUT2D eigenvalue weighted by Gasteiger charge is 2.32. The number of aromatic amines is 1. The quantitative estimate of drug-likeness (QED) is 0.474. The van der Waals surface area contributed by atoms with Crippen LogP contribution in [0.15, 0.2) is 6.20 Å². The van der Waals surface area contributed by atoms with E-state index in [0.717, 1.165) is 11.5 Å². The molecule has 0 amide bonds. The minimum atomic E-state index is 0.124. The molecule has 0 radical (unpaired) electrons. The van der Waals surface area contributed by atoms with Gasteiger partial charge in [0.15, 0.2) is 0 Å². The fourth-order valence-electron chi connectivity index (χ4n) is 3.18. The lowest BCUT2D eigenvalue weighted by Crippen LogP contribution is -2.38. The van der Waals surface area contributed by atoms with Gasteiger partial charge in [-0.25, -0.2) is 0 Å². The summed E-state index contributed by atoms with van der Waals surface area (Å²) in [6.45, 7) is 2.26. The Kier molecular flexibility index (Phi) is 4.02. The molecule has 1 heterocycles. The Labute approximate surface area is 102 Å². The maximum Gasteiger partial charge on any atom is 0.123 e. The first-order valence-corrected chi connectivity index (χ1v) is 6.52. The summed E-state index contributed by atoms with van der Waals surface area (Å²) in [4.78, 5) is 0. The van der Waals surface area contributed by atoms with Gasteiger partial charge in [0.25, 0.3) is 0 Å². The Morgan fingerprint density at radius 3 is 2.88 bits per heavy atom. The van der Waals surface area contributed by atoms with Crippen molar-refractivity contribution in [3.8, 4) is 0 Å². The van der Waals surface area contributed by atoms with E-state index < -0.39 is 0 Å². The Bertz CT molecular complexity index is 348. The molecule has 1 fully saturated rings. The molecule has 2 rings (SSSR count). The summed E-state index contributed by atoms with van der Waals surface area (Å²) in [7, 11) is 0.